The van der Waals surface area contributed by atoms with Gasteiger partial charge in [-0.25, -0.2) is 0 Å². The number of rotatable bonds is 6. The molecular formula is C25H24N2O2S. The van der Waals surface area contributed by atoms with Crippen LogP contribution in [0.2, 0.25) is 0 Å². The van der Waals surface area contributed by atoms with Crippen molar-refractivity contribution >= 4 is 29.3 Å². The van der Waals surface area contributed by atoms with E-state index in [4.69, 9.17) is 0 Å². The van der Waals surface area contributed by atoms with E-state index in [1.165, 1.54) is 10.5 Å². The number of benzene rings is 3. The molecule has 0 saturated heterocycles. The van der Waals surface area contributed by atoms with E-state index in [9.17, 15) is 9.59 Å². The molecule has 0 fully saturated rings. The highest BCUT2D eigenvalue weighted by Gasteiger charge is 2.38. The van der Waals surface area contributed by atoms with Crippen LogP contribution in [-0.2, 0) is 17.6 Å². The highest BCUT2D eigenvalue weighted by Crippen LogP contribution is 2.33. The highest BCUT2D eigenvalue weighted by molar-refractivity contribution is 7.98. The minimum absolute atomic E-state index is 0.115. The maximum atomic E-state index is 13.2. The van der Waals surface area contributed by atoms with Gasteiger partial charge >= 0.3 is 0 Å². The summed E-state index contributed by atoms with van der Waals surface area (Å²) in [7, 11) is 0. The van der Waals surface area contributed by atoms with Crippen LogP contribution in [0.5, 0.6) is 0 Å². The number of carbonyl (C=O) groups excluding carboxylic acids is 2. The van der Waals surface area contributed by atoms with Crippen LogP contribution >= 0.6 is 11.8 Å². The van der Waals surface area contributed by atoms with Gasteiger partial charge in [-0.1, -0.05) is 48.5 Å². The Labute approximate surface area is 181 Å². The number of fused-ring (bicyclic) bond motifs is 1. The number of nitrogens with one attached hydrogen (secondary N) is 1. The van der Waals surface area contributed by atoms with Crippen molar-refractivity contribution in [3.8, 4) is 0 Å². The molecule has 2 amide bonds. The SMILES string of the molecule is CSc1ccc(CCNC(=O)C2Cc3ccccc3N2C(=O)c2ccccc2)cc1. The molecule has 1 aliphatic rings. The van der Waals surface area contributed by atoms with Gasteiger partial charge in [0.15, 0.2) is 0 Å². The average molecular weight is 417 g/mol. The van der Waals surface area contributed by atoms with Crippen LogP contribution < -0.4 is 10.2 Å². The van der Waals surface area contributed by atoms with Crippen molar-refractivity contribution in [3.05, 3.63) is 95.6 Å². The summed E-state index contributed by atoms with van der Waals surface area (Å²) in [6.07, 6.45) is 3.34. The lowest BCUT2D eigenvalue weighted by atomic mass is 10.1. The van der Waals surface area contributed by atoms with E-state index >= 15 is 0 Å². The third-order valence-electron chi connectivity index (χ3n) is 5.39. The van der Waals surface area contributed by atoms with Crippen LogP contribution in [0.15, 0.2) is 83.8 Å². The number of hydrogen-bond donors (Lipinski definition) is 1. The van der Waals surface area contributed by atoms with Gasteiger partial charge < -0.3 is 5.32 Å². The second kappa shape index (κ2) is 9.18. The fourth-order valence-corrected chi connectivity index (χ4v) is 4.21. The lowest BCUT2D eigenvalue weighted by molar-refractivity contribution is -0.122. The highest BCUT2D eigenvalue weighted by atomic mass is 32.2. The van der Waals surface area contributed by atoms with Gasteiger partial charge in [-0.3, -0.25) is 14.5 Å². The number of para-hydroxylation sites is 1. The fraction of sp³-hybridized carbons (Fsp3) is 0.200. The van der Waals surface area contributed by atoms with Crippen molar-refractivity contribution in [3.63, 3.8) is 0 Å². The molecule has 4 rings (SSSR count). The Kier molecular flexibility index (Phi) is 6.19. The van der Waals surface area contributed by atoms with Gasteiger partial charge in [0.2, 0.25) is 5.91 Å². The molecule has 0 bridgehead atoms. The normalized spacial score (nSPS) is 15.0. The molecule has 30 heavy (non-hydrogen) atoms. The molecule has 0 saturated carbocycles. The van der Waals surface area contributed by atoms with Crippen molar-refractivity contribution in [1.82, 2.24) is 5.32 Å². The van der Waals surface area contributed by atoms with E-state index in [2.05, 4.69) is 35.8 Å². The molecular weight excluding hydrogens is 392 g/mol. The first-order valence-electron chi connectivity index (χ1n) is 10.0. The molecule has 4 nitrogen and oxygen atoms in total. The molecule has 0 radical (unpaired) electrons. The van der Waals surface area contributed by atoms with E-state index in [-0.39, 0.29) is 11.8 Å². The summed E-state index contributed by atoms with van der Waals surface area (Å²) in [5.74, 6) is -0.260. The van der Waals surface area contributed by atoms with Gasteiger partial charge in [-0.05, 0) is 54.1 Å². The van der Waals surface area contributed by atoms with Crippen LogP contribution in [0.1, 0.15) is 21.5 Å². The monoisotopic (exact) mass is 416 g/mol. The van der Waals surface area contributed by atoms with Gasteiger partial charge in [-0.15, -0.1) is 11.8 Å². The third-order valence-corrected chi connectivity index (χ3v) is 6.13. The third kappa shape index (κ3) is 4.26. The van der Waals surface area contributed by atoms with E-state index in [1.807, 2.05) is 42.5 Å². The zero-order chi connectivity index (χ0) is 20.9. The van der Waals surface area contributed by atoms with Crippen LogP contribution in [0.25, 0.3) is 0 Å². The Bertz CT molecular complexity index is 1030. The summed E-state index contributed by atoms with van der Waals surface area (Å²) in [5, 5.41) is 3.03. The Balaban J connectivity index is 1.47. The molecule has 0 spiro atoms. The fourth-order valence-electron chi connectivity index (χ4n) is 3.81. The van der Waals surface area contributed by atoms with Crippen LogP contribution in [-0.4, -0.2) is 30.7 Å². The molecule has 0 aromatic heterocycles. The van der Waals surface area contributed by atoms with Crippen LogP contribution in [0.3, 0.4) is 0 Å². The van der Waals surface area contributed by atoms with Gasteiger partial charge in [0, 0.05) is 29.1 Å². The molecule has 5 heteroatoms. The largest absolute Gasteiger partial charge is 0.354 e. The molecule has 1 heterocycles. The summed E-state index contributed by atoms with van der Waals surface area (Å²) in [5.41, 5.74) is 3.61. The van der Waals surface area contributed by atoms with Gasteiger partial charge in [0.05, 0.1) is 0 Å². The number of amides is 2. The van der Waals surface area contributed by atoms with Gasteiger partial charge in [-0.2, -0.15) is 0 Å². The number of thioether (sulfide) groups is 1. The lowest BCUT2D eigenvalue weighted by Gasteiger charge is -2.25. The van der Waals surface area contributed by atoms with E-state index in [1.54, 1.807) is 28.8 Å². The topological polar surface area (TPSA) is 49.4 Å². The summed E-state index contributed by atoms with van der Waals surface area (Å²) in [6, 6.07) is 24.7. The Hall–Kier alpha value is -3.05. The van der Waals surface area contributed by atoms with Crippen molar-refractivity contribution in [2.45, 2.75) is 23.8 Å². The van der Waals surface area contributed by atoms with Gasteiger partial charge in [0.1, 0.15) is 6.04 Å². The molecule has 0 aliphatic carbocycles. The first-order valence-corrected chi connectivity index (χ1v) is 11.3. The summed E-state index contributed by atoms with van der Waals surface area (Å²) < 4.78 is 0. The number of nitrogens with zero attached hydrogens (tertiary/aromatic N) is 1. The summed E-state index contributed by atoms with van der Waals surface area (Å²) >= 11 is 1.71. The quantitative estimate of drug-likeness (QED) is 0.608. The second-order valence-corrected chi connectivity index (χ2v) is 8.16. The summed E-state index contributed by atoms with van der Waals surface area (Å²) in [6.45, 7) is 0.539. The maximum Gasteiger partial charge on any atom is 0.259 e. The zero-order valence-electron chi connectivity index (χ0n) is 16.9. The molecule has 1 aliphatic heterocycles. The van der Waals surface area contributed by atoms with Crippen molar-refractivity contribution in [2.75, 3.05) is 17.7 Å². The molecule has 1 unspecified atom stereocenters. The van der Waals surface area contributed by atoms with Crippen LogP contribution in [0.4, 0.5) is 5.69 Å². The Morgan fingerprint density at radius 1 is 0.967 bits per heavy atom. The van der Waals surface area contributed by atoms with Crippen molar-refractivity contribution in [2.24, 2.45) is 0 Å². The molecule has 1 atom stereocenters. The van der Waals surface area contributed by atoms with Crippen molar-refractivity contribution < 1.29 is 9.59 Å². The first kappa shape index (κ1) is 20.2. The molecule has 1 N–H and O–H groups in total. The average Bonchev–Trinajstić information content (AvgIpc) is 3.19. The number of anilines is 1. The van der Waals surface area contributed by atoms with E-state index < -0.39 is 6.04 Å². The van der Waals surface area contributed by atoms with Gasteiger partial charge in [0.25, 0.3) is 5.91 Å². The molecule has 3 aromatic rings. The Morgan fingerprint density at radius 3 is 2.40 bits per heavy atom. The molecule has 3 aromatic carbocycles. The van der Waals surface area contributed by atoms with Crippen molar-refractivity contribution in [1.29, 1.82) is 0 Å². The van der Waals surface area contributed by atoms with E-state index in [0.29, 0.717) is 18.5 Å². The minimum atomic E-state index is -0.533. The van der Waals surface area contributed by atoms with E-state index in [0.717, 1.165) is 17.7 Å². The minimum Gasteiger partial charge on any atom is -0.354 e. The predicted octanol–water partition coefficient (Wildman–Crippen LogP) is 4.34. The predicted molar refractivity (Wildman–Crippen MR) is 122 cm³/mol. The second-order valence-electron chi connectivity index (χ2n) is 7.28. The van der Waals surface area contributed by atoms with Crippen LogP contribution in [0, 0.1) is 0 Å². The Morgan fingerprint density at radius 2 is 1.67 bits per heavy atom. The smallest absolute Gasteiger partial charge is 0.259 e. The first-order chi connectivity index (χ1) is 14.7. The number of hydrogen-bond acceptors (Lipinski definition) is 3. The maximum absolute atomic E-state index is 13.2. The zero-order valence-corrected chi connectivity index (χ0v) is 17.7. The standard InChI is InChI=1S/C25H24N2O2S/c1-30-21-13-11-18(12-14-21)15-16-26-24(28)23-17-20-9-5-6-10-22(20)27(23)25(29)19-7-3-2-4-8-19/h2-14,23H,15-17H2,1H3,(H,26,28). The lowest BCUT2D eigenvalue weighted by Crippen LogP contribution is -2.48. The number of carbonyl (C=O) groups is 2. The molecule has 152 valence electrons. The summed E-state index contributed by atoms with van der Waals surface area (Å²) in [4.78, 5) is 29.1.